The molecule has 1 heterocycles. The maximum atomic E-state index is 13.0. The van der Waals surface area contributed by atoms with Gasteiger partial charge in [-0.2, -0.15) is 0 Å². The van der Waals surface area contributed by atoms with Crippen molar-refractivity contribution in [1.82, 2.24) is 5.32 Å². The molecule has 1 aromatic carbocycles. The van der Waals surface area contributed by atoms with Crippen LogP contribution in [0.2, 0.25) is 0 Å². The third-order valence-electron chi connectivity index (χ3n) is 5.05. The summed E-state index contributed by atoms with van der Waals surface area (Å²) in [5, 5.41) is 13.3. The first kappa shape index (κ1) is 24.2. The van der Waals surface area contributed by atoms with Crippen LogP contribution in [0.3, 0.4) is 0 Å². The van der Waals surface area contributed by atoms with Crippen molar-refractivity contribution in [2.45, 2.75) is 51.4 Å². The molecule has 0 spiro atoms. The van der Waals surface area contributed by atoms with Crippen LogP contribution in [-0.2, 0) is 20.7 Å². The van der Waals surface area contributed by atoms with Crippen LogP contribution in [-0.4, -0.2) is 60.2 Å². The van der Waals surface area contributed by atoms with E-state index in [9.17, 15) is 14.7 Å². The molecule has 0 bridgehead atoms. The molecule has 1 amide bonds. The lowest BCUT2D eigenvalue weighted by atomic mass is 9.97. The number of amides is 1. The van der Waals surface area contributed by atoms with Crippen molar-refractivity contribution in [2.24, 2.45) is 16.3 Å². The van der Waals surface area contributed by atoms with Gasteiger partial charge in [0.25, 0.3) is 0 Å². The van der Waals surface area contributed by atoms with Gasteiger partial charge in [-0.1, -0.05) is 39.8 Å². The molecule has 2 rings (SSSR count). The molecular weight excluding hydrogens is 404 g/mol. The van der Waals surface area contributed by atoms with E-state index in [4.69, 9.17) is 9.47 Å². The summed E-state index contributed by atoms with van der Waals surface area (Å²) in [6.45, 7) is 7.85. The first-order valence-corrected chi connectivity index (χ1v) is 10.9. The molecule has 0 fully saturated rings. The summed E-state index contributed by atoms with van der Waals surface area (Å²) in [5.41, 5.74) is 0.729. The first-order chi connectivity index (χ1) is 14.1. The molecule has 0 saturated heterocycles. The van der Waals surface area contributed by atoms with Crippen molar-refractivity contribution < 1.29 is 24.2 Å². The highest BCUT2D eigenvalue weighted by molar-refractivity contribution is 8.14. The van der Waals surface area contributed by atoms with Crippen molar-refractivity contribution in [3.05, 3.63) is 29.8 Å². The Labute approximate surface area is 182 Å². The Morgan fingerprint density at radius 1 is 1.23 bits per heavy atom. The first-order valence-electron chi connectivity index (χ1n) is 9.97. The van der Waals surface area contributed by atoms with E-state index in [1.807, 2.05) is 12.1 Å². The number of thioether (sulfide) groups is 1. The largest absolute Gasteiger partial charge is 0.497 e. The summed E-state index contributed by atoms with van der Waals surface area (Å²) >= 11 is 1.54. The number of carbonyl (C=O) groups is 2. The molecule has 8 heteroatoms. The Kier molecular flexibility index (Phi) is 8.32. The zero-order chi connectivity index (χ0) is 22.5. The average molecular weight is 437 g/mol. The number of carbonyl (C=O) groups excluding carboxylic acids is 2. The van der Waals surface area contributed by atoms with E-state index < -0.39 is 17.9 Å². The van der Waals surface area contributed by atoms with E-state index in [1.54, 1.807) is 26.2 Å². The minimum atomic E-state index is -0.805. The topological polar surface area (TPSA) is 97.2 Å². The Balaban J connectivity index is 2.10. The molecule has 7 nitrogen and oxygen atoms in total. The number of ether oxygens (including phenoxy) is 2. The summed E-state index contributed by atoms with van der Waals surface area (Å²) < 4.78 is 10.0. The fraction of sp³-hybridized carbons (Fsp3) is 0.591. The van der Waals surface area contributed by atoms with Gasteiger partial charge in [0.05, 0.1) is 31.9 Å². The number of esters is 1. The normalized spacial score (nSPS) is 20.8. The van der Waals surface area contributed by atoms with E-state index in [0.29, 0.717) is 12.2 Å². The number of nitrogens with zero attached hydrogens (tertiary/aromatic N) is 1. The molecule has 30 heavy (non-hydrogen) atoms. The minimum Gasteiger partial charge on any atom is -0.497 e. The van der Waals surface area contributed by atoms with E-state index in [-0.39, 0.29) is 29.2 Å². The Hall–Kier alpha value is -2.06. The Morgan fingerprint density at radius 3 is 2.37 bits per heavy atom. The number of hydrogen-bond acceptors (Lipinski definition) is 7. The summed E-state index contributed by atoms with van der Waals surface area (Å²) in [6, 6.07) is 6.16. The second-order valence-corrected chi connectivity index (χ2v) is 9.61. The SMILES string of the molecule is COC(=O)[C@H](Cc1ccc(OC)cc1)NC(=O)[C@H](C)[C@H]1SC(C(C)(C)C)=N[C@@H]1CO. The Bertz CT molecular complexity index is 773. The Morgan fingerprint density at radius 2 is 1.87 bits per heavy atom. The standard InChI is InChI=1S/C22H32N2O5S/c1-13(18-17(12-25)24-21(30-18)22(2,3)4)19(26)23-16(20(27)29-6)11-14-7-9-15(28-5)10-8-14/h7-10,13,16-18,25H,11-12H2,1-6H3,(H,23,26)/t13-,16+,17-,18-/m1/s1. The number of nitrogens with one attached hydrogen (secondary N) is 1. The maximum Gasteiger partial charge on any atom is 0.328 e. The molecule has 1 aliphatic heterocycles. The highest BCUT2D eigenvalue weighted by Gasteiger charge is 2.40. The van der Waals surface area contributed by atoms with Crippen molar-refractivity contribution in [2.75, 3.05) is 20.8 Å². The molecule has 0 radical (unpaired) electrons. The molecule has 0 saturated carbocycles. The molecule has 1 aromatic rings. The van der Waals surface area contributed by atoms with Crippen LogP contribution in [0, 0.1) is 11.3 Å². The van der Waals surface area contributed by atoms with Crippen LogP contribution in [0.15, 0.2) is 29.3 Å². The fourth-order valence-corrected chi connectivity index (χ4v) is 4.64. The summed E-state index contributed by atoms with van der Waals surface area (Å²) in [4.78, 5) is 29.9. The molecule has 0 unspecified atom stereocenters. The minimum absolute atomic E-state index is 0.124. The average Bonchev–Trinajstić information content (AvgIpc) is 3.17. The highest BCUT2D eigenvalue weighted by atomic mass is 32.2. The monoisotopic (exact) mass is 436 g/mol. The number of aliphatic imine (C=N–C) groups is 1. The van der Waals surface area contributed by atoms with Gasteiger partial charge in [-0.25, -0.2) is 4.79 Å². The third-order valence-corrected chi connectivity index (χ3v) is 6.98. The van der Waals surface area contributed by atoms with Gasteiger partial charge in [0.1, 0.15) is 11.8 Å². The van der Waals surface area contributed by atoms with Crippen LogP contribution in [0.25, 0.3) is 0 Å². The predicted molar refractivity (Wildman–Crippen MR) is 119 cm³/mol. The number of benzene rings is 1. The molecule has 166 valence electrons. The lowest BCUT2D eigenvalue weighted by Crippen LogP contribution is -2.48. The molecule has 1 aliphatic rings. The van der Waals surface area contributed by atoms with Gasteiger partial charge in [0.2, 0.25) is 5.91 Å². The maximum absolute atomic E-state index is 13.0. The third kappa shape index (κ3) is 5.98. The number of aliphatic hydroxyl groups is 1. The molecule has 4 atom stereocenters. The van der Waals surface area contributed by atoms with E-state index in [2.05, 4.69) is 31.1 Å². The highest BCUT2D eigenvalue weighted by Crippen LogP contribution is 2.39. The van der Waals surface area contributed by atoms with E-state index in [0.717, 1.165) is 10.6 Å². The fourth-order valence-electron chi connectivity index (χ4n) is 3.20. The second kappa shape index (κ2) is 10.3. The molecule has 2 N–H and O–H groups in total. The van der Waals surface area contributed by atoms with Gasteiger partial charge < -0.3 is 19.9 Å². The van der Waals surface area contributed by atoms with Crippen LogP contribution in [0.5, 0.6) is 5.75 Å². The zero-order valence-electron chi connectivity index (χ0n) is 18.5. The van der Waals surface area contributed by atoms with Gasteiger partial charge in [-0.15, -0.1) is 11.8 Å². The predicted octanol–water partition coefficient (Wildman–Crippen LogP) is 2.45. The van der Waals surface area contributed by atoms with Crippen LogP contribution in [0.1, 0.15) is 33.3 Å². The van der Waals surface area contributed by atoms with Crippen LogP contribution in [0.4, 0.5) is 0 Å². The smallest absolute Gasteiger partial charge is 0.328 e. The van der Waals surface area contributed by atoms with Gasteiger partial charge in [0.15, 0.2) is 0 Å². The van der Waals surface area contributed by atoms with Gasteiger partial charge >= 0.3 is 5.97 Å². The summed E-state index contributed by atoms with van der Waals surface area (Å²) in [5.74, 6) is -0.497. The van der Waals surface area contributed by atoms with Crippen molar-refractivity contribution >= 4 is 28.7 Å². The van der Waals surface area contributed by atoms with Crippen molar-refractivity contribution in [1.29, 1.82) is 0 Å². The summed E-state index contributed by atoms with van der Waals surface area (Å²) in [6.07, 6.45) is 0.306. The lowest BCUT2D eigenvalue weighted by molar-refractivity contribution is -0.145. The number of aliphatic hydroxyl groups excluding tert-OH is 1. The molecule has 0 aromatic heterocycles. The van der Waals surface area contributed by atoms with Gasteiger partial charge in [-0.3, -0.25) is 9.79 Å². The van der Waals surface area contributed by atoms with E-state index >= 15 is 0 Å². The van der Waals surface area contributed by atoms with Crippen LogP contribution >= 0.6 is 11.8 Å². The zero-order valence-corrected chi connectivity index (χ0v) is 19.3. The quantitative estimate of drug-likeness (QED) is 0.608. The van der Waals surface area contributed by atoms with E-state index in [1.165, 1.54) is 18.9 Å². The van der Waals surface area contributed by atoms with Crippen molar-refractivity contribution in [3.63, 3.8) is 0 Å². The number of rotatable bonds is 8. The second-order valence-electron chi connectivity index (χ2n) is 8.44. The molecular formula is C22H32N2O5S. The number of methoxy groups -OCH3 is 2. The van der Waals surface area contributed by atoms with Gasteiger partial charge in [-0.05, 0) is 17.7 Å². The number of hydrogen-bond donors (Lipinski definition) is 2. The van der Waals surface area contributed by atoms with Crippen molar-refractivity contribution in [3.8, 4) is 5.75 Å². The molecule has 0 aliphatic carbocycles. The van der Waals surface area contributed by atoms with Crippen LogP contribution < -0.4 is 10.1 Å². The van der Waals surface area contributed by atoms with Gasteiger partial charge in [0, 0.05) is 23.0 Å². The lowest BCUT2D eigenvalue weighted by Gasteiger charge is -2.25. The summed E-state index contributed by atoms with van der Waals surface area (Å²) in [7, 11) is 2.89.